The van der Waals surface area contributed by atoms with Crippen LogP contribution >= 0.6 is 11.8 Å². The van der Waals surface area contributed by atoms with Crippen molar-refractivity contribution in [3.8, 4) is 0 Å². The zero-order valence-corrected chi connectivity index (χ0v) is 12.5. The first-order chi connectivity index (χ1) is 9.44. The van der Waals surface area contributed by atoms with Crippen LogP contribution in [0.15, 0.2) is 39.8 Å². The average molecular weight is 313 g/mol. The zero-order valence-electron chi connectivity index (χ0n) is 10.9. The molecule has 0 saturated heterocycles. The van der Waals surface area contributed by atoms with Crippen molar-refractivity contribution in [2.24, 2.45) is 0 Å². The van der Waals surface area contributed by atoms with Crippen LogP contribution in [-0.4, -0.2) is 25.1 Å². The standard InChI is InChI=1S/C12H15N3O3S2/c1-9-7-12(14-18-9)15-20(16,17)6-5-19-11-4-2-3-10(13)8-11/h2-4,7-8H,5-6,13H2,1H3,(H,14,15). The van der Waals surface area contributed by atoms with Crippen molar-refractivity contribution in [1.29, 1.82) is 0 Å². The van der Waals surface area contributed by atoms with Crippen LogP contribution < -0.4 is 10.5 Å². The lowest BCUT2D eigenvalue weighted by atomic mass is 10.3. The highest BCUT2D eigenvalue weighted by Gasteiger charge is 2.13. The highest BCUT2D eigenvalue weighted by atomic mass is 32.2. The van der Waals surface area contributed by atoms with E-state index in [1.807, 2.05) is 18.2 Å². The largest absolute Gasteiger partial charge is 0.399 e. The van der Waals surface area contributed by atoms with E-state index in [0.29, 0.717) is 17.2 Å². The normalized spacial score (nSPS) is 11.4. The van der Waals surface area contributed by atoms with E-state index in [2.05, 4.69) is 9.88 Å². The molecule has 0 spiro atoms. The number of thioether (sulfide) groups is 1. The van der Waals surface area contributed by atoms with Gasteiger partial charge in [0.15, 0.2) is 5.82 Å². The van der Waals surface area contributed by atoms with Gasteiger partial charge in [0, 0.05) is 22.4 Å². The molecule has 0 aliphatic rings. The maximum Gasteiger partial charge on any atom is 0.234 e. The molecule has 108 valence electrons. The van der Waals surface area contributed by atoms with Crippen molar-refractivity contribution < 1.29 is 12.9 Å². The Kier molecular flexibility index (Phi) is 4.56. The molecule has 0 bridgehead atoms. The number of aromatic nitrogens is 1. The molecule has 0 unspecified atom stereocenters. The van der Waals surface area contributed by atoms with Crippen molar-refractivity contribution in [2.75, 3.05) is 22.0 Å². The minimum absolute atomic E-state index is 0.0155. The van der Waals surface area contributed by atoms with Crippen molar-refractivity contribution in [3.63, 3.8) is 0 Å². The van der Waals surface area contributed by atoms with Gasteiger partial charge in [-0.1, -0.05) is 11.2 Å². The fourth-order valence-electron chi connectivity index (χ4n) is 1.50. The minimum atomic E-state index is -3.43. The Labute approximate surface area is 121 Å². The maximum atomic E-state index is 11.8. The summed E-state index contributed by atoms with van der Waals surface area (Å²) in [6, 6.07) is 8.86. The van der Waals surface area contributed by atoms with Gasteiger partial charge in [-0.25, -0.2) is 8.42 Å². The van der Waals surface area contributed by atoms with Gasteiger partial charge in [0.05, 0.1) is 5.75 Å². The minimum Gasteiger partial charge on any atom is -0.399 e. The van der Waals surface area contributed by atoms with E-state index in [-0.39, 0.29) is 11.6 Å². The number of aryl methyl sites for hydroxylation is 1. The molecule has 0 saturated carbocycles. The first-order valence-corrected chi connectivity index (χ1v) is 8.50. The summed E-state index contributed by atoms with van der Waals surface area (Å²) < 4.78 is 30.8. The summed E-state index contributed by atoms with van der Waals surface area (Å²) in [6.07, 6.45) is 0. The first-order valence-electron chi connectivity index (χ1n) is 5.87. The summed E-state index contributed by atoms with van der Waals surface area (Å²) >= 11 is 1.43. The average Bonchev–Trinajstić information content (AvgIpc) is 2.73. The highest BCUT2D eigenvalue weighted by Crippen LogP contribution is 2.20. The predicted octanol–water partition coefficient (Wildman–Crippen LogP) is 2.10. The number of sulfonamides is 1. The summed E-state index contributed by atoms with van der Waals surface area (Å²) in [5.41, 5.74) is 6.32. The highest BCUT2D eigenvalue weighted by molar-refractivity contribution is 8.01. The van der Waals surface area contributed by atoms with Crippen LogP contribution in [0.2, 0.25) is 0 Å². The number of hydrogen-bond donors (Lipinski definition) is 2. The van der Waals surface area contributed by atoms with E-state index in [1.165, 1.54) is 17.8 Å². The van der Waals surface area contributed by atoms with Crippen LogP contribution in [0.4, 0.5) is 11.5 Å². The molecule has 0 amide bonds. The number of nitrogens with two attached hydrogens (primary N) is 1. The second kappa shape index (κ2) is 6.19. The van der Waals surface area contributed by atoms with E-state index in [9.17, 15) is 8.42 Å². The number of anilines is 2. The van der Waals surface area contributed by atoms with Gasteiger partial charge in [0.2, 0.25) is 10.0 Å². The molecule has 1 aromatic heterocycles. The molecule has 2 rings (SSSR count). The monoisotopic (exact) mass is 313 g/mol. The predicted molar refractivity (Wildman–Crippen MR) is 80.2 cm³/mol. The van der Waals surface area contributed by atoms with Crippen LogP contribution in [0.3, 0.4) is 0 Å². The summed E-state index contributed by atoms with van der Waals surface area (Å²) in [6.45, 7) is 1.69. The Morgan fingerprint density at radius 2 is 2.20 bits per heavy atom. The van der Waals surface area contributed by atoms with Gasteiger partial charge < -0.3 is 10.3 Å². The Balaban J connectivity index is 1.86. The molecule has 1 heterocycles. The second-order valence-corrected chi connectivity index (χ2v) is 7.17. The van der Waals surface area contributed by atoms with Gasteiger partial charge in [0.1, 0.15) is 5.76 Å². The topological polar surface area (TPSA) is 98.2 Å². The van der Waals surface area contributed by atoms with Gasteiger partial charge in [-0.15, -0.1) is 11.8 Å². The third-order valence-corrected chi connectivity index (χ3v) is 4.88. The van der Waals surface area contributed by atoms with E-state index in [0.717, 1.165) is 4.90 Å². The molecule has 0 radical (unpaired) electrons. The van der Waals surface area contributed by atoms with Gasteiger partial charge >= 0.3 is 0 Å². The maximum absolute atomic E-state index is 11.8. The number of nitrogens with one attached hydrogen (secondary N) is 1. The van der Waals surface area contributed by atoms with E-state index in [1.54, 1.807) is 13.0 Å². The molecule has 2 aromatic rings. The number of nitrogens with zero attached hydrogens (tertiary/aromatic N) is 1. The van der Waals surface area contributed by atoms with E-state index in [4.69, 9.17) is 10.3 Å². The summed E-state index contributed by atoms with van der Waals surface area (Å²) in [5.74, 6) is 1.17. The van der Waals surface area contributed by atoms with Crippen molar-refractivity contribution in [1.82, 2.24) is 5.16 Å². The lowest BCUT2D eigenvalue weighted by Crippen LogP contribution is -2.18. The molecule has 0 aliphatic carbocycles. The Morgan fingerprint density at radius 3 is 2.85 bits per heavy atom. The number of hydrogen-bond acceptors (Lipinski definition) is 6. The van der Waals surface area contributed by atoms with Gasteiger partial charge in [-0.2, -0.15) is 0 Å². The quantitative estimate of drug-likeness (QED) is 0.626. The van der Waals surface area contributed by atoms with Gasteiger partial charge in [-0.05, 0) is 25.1 Å². The lowest BCUT2D eigenvalue weighted by Gasteiger charge is -2.05. The molecule has 8 heteroatoms. The molecular weight excluding hydrogens is 298 g/mol. The zero-order chi connectivity index (χ0) is 14.6. The Hall–Kier alpha value is -1.67. The molecule has 6 nitrogen and oxygen atoms in total. The summed E-state index contributed by atoms with van der Waals surface area (Å²) in [5, 5.41) is 3.59. The van der Waals surface area contributed by atoms with Crippen LogP contribution in [0.5, 0.6) is 0 Å². The fourth-order valence-corrected chi connectivity index (χ4v) is 3.86. The molecule has 20 heavy (non-hydrogen) atoms. The summed E-state index contributed by atoms with van der Waals surface area (Å²) in [7, 11) is -3.43. The van der Waals surface area contributed by atoms with Crippen molar-refractivity contribution in [3.05, 3.63) is 36.1 Å². The van der Waals surface area contributed by atoms with Gasteiger partial charge in [0.25, 0.3) is 0 Å². The van der Waals surface area contributed by atoms with Crippen molar-refractivity contribution in [2.45, 2.75) is 11.8 Å². The SMILES string of the molecule is Cc1cc(NS(=O)(=O)CCSc2cccc(N)c2)no1. The van der Waals surface area contributed by atoms with Crippen LogP contribution in [0.1, 0.15) is 5.76 Å². The molecule has 3 N–H and O–H groups in total. The van der Waals surface area contributed by atoms with Gasteiger partial charge in [-0.3, -0.25) is 4.72 Å². The van der Waals surface area contributed by atoms with Crippen LogP contribution in [0.25, 0.3) is 0 Å². The number of nitrogen functional groups attached to an aromatic ring is 1. The smallest absolute Gasteiger partial charge is 0.234 e. The van der Waals surface area contributed by atoms with Crippen LogP contribution in [0, 0.1) is 6.92 Å². The number of benzene rings is 1. The number of rotatable bonds is 6. The molecule has 0 aliphatic heterocycles. The molecule has 0 atom stereocenters. The molecular formula is C12H15N3O3S2. The van der Waals surface area contributed by atoms with Crippen LogP contribution in [-0.2, 0) is 10.0 Å². The van der Waals surface area contributed by atoms with Crippen molar-refractivity contribution >= 4 is 33.3 Å². The summed E-state index contributed by atoms with van der Waals surface area (Å²) in [4.78, 5) is 0.942. The third-order valence-electron chi connectivity index (χ3n) is 2.37. The molecule has 0 fully saturated rings. The molecule has 1 aromatic carbocycles. The Morgan fingerprint density at radius 1 is 1.40 bits per heavy atom. The Bertz CT molecular complexity index is 683. The van der Waals surface area contributed by atoms with E-state index >= 15 is 0 Å². The van der Waals surface area contributed by atoms with E-state index < -0.39 is 10.0 Å². The first kappa shape index (κ1) is 14.7. The third kappa shape index (κ3) is 4.46. The second-order valence-electron chi connectivity index (χ2n) is 4.16. The lowest BCUT2D eigenvalue weighted by molar-refractivity contribution is 0.400. The fraction of sp³-hybridized carbons (Fsp3) is 0.250.